The number of aromatic amines is 1. The molecule has 0 atom stereocenters. The second-order valence-corrected chi connectivity index (χ2v) is 6.43. The van der Waals surface area contributed by atoms with E-state index in [-0.39, 0.29) is 5.97 Å². The normalized spacial score (nSPS) is 11.0. The average Bonchev–Trinajstić information content (AvgIpc) is 3.32. The van der Waals surface area contributed by atoms with Gasteiger partial charge in [-0.05, 0) is 36.2 Å². The van der Waals surface area contributed by atoms with Gasteiger partial charge in [0, 0.05) is 42.5 Å². The highest BCUT2D eigenvalue weighted by atomic mass is 16.5. The van der Waals surface area contributed by atoms with Crippen LogP contribution in [0.5, 0.6) is 0 Å². The Morgan fingerprint density at radius 3 is 2.70 bits per heavy atom. The molecule has 0 aliphatic rings. The fraction of sp³-hybridized carbons (Fsp3) is 0.182. The van der Waals surface area contributed by atoms with Crippen LogP contribution in [-0.2, 0) is 17.7 Å². The Morgan fingerprint density at radius 1 is 1.15 bits per heavy atom. The molecule has 5 nitrogen and oxygen atoms in total. The summed E-state index contributed by atoms with van der Waals surface area (Å²) < 4.78 is 7.29. The third kappa shape index (κ3) is 3.62. The van der Waals surface area contributed by atoms with Gasteiger partial charge >= 0.3 is 5.97 Å². The Kier molecular flexibility index (Phi) is 4.75. The van der Waals surface area contributed by atoms with Gasteiger partial charge in [0.15, 0.2) is 0 Å². The van der Waals surface area contributed by atoms with E-state index in [1.165, 1.54) is 16.5 Å². The number of hydrogen-bond acceptors (Lipinski definition) is 3. The van der Waals surface area contributed by atoms with E-state index < -0.39 is 0 Å². The van der Waals surface area contributed by atoms with Crippen LogP contribution >= 0.6 is 0 Å². The lowest BCUT2D eigenvalue weighted by Crippen LogP contribution is -2.05. The molecule has 0 fully saturated rings. The third-order valence-corrected chi connectivity index (χ3v) is 4.60. The summed E-state index contributed by atoms with van der Waals surface area (Å²) in [5, 5.41) is 1.23. The minimum Gasteiger partial charge on any atom is -0.462 e. The summed E-state index contributed by atoms with van der Waals surface area (Å²) in [7, 11) is 0. The number of esters is 1. The molecular formula is C22H21N3O2. The molecule has 0 saturated heterocycles. The number of carbonyl (C=O) groups is 1. The quantitative estimate of drug-likeness (QED) is 0.525. The molecule has 4 rings (SSSR count). The number of benzene rings is 2. The molecule has 0 amide bonds. The number of ether oxygens (including phenoxy) is 1. The van der Waals surface area contributed by atoms with Crippen molar-refractivity contribution in [3.8, 4) is 0 Å². The average molecular weight is 359 g/mol. The van der Waals surface area contributed by atoms with E-state index >= 15 is 0 Å². The smallest absolute Gasteiger partial charge is 0.338 e. The van der Waals surface area contributed by atoms with Gasteiger partial charge in [0.05, 0.1) is 12.2 Å². The van der Waals surface area contributed by atoms with E-state index in [0.29, 0.717) is 12.2 Å². The van der Waals surface area contributed by atoms with Gasteiger partial charge in [0.1, 0.15) is 5.82 Å². The first-order valence-corrected chi connectivity index (χ1v) is 9.05. The topological polar surface area (TPSA) is 59.9 Å². The van der Waals surface area contributed by atoms with Crippen molar-refractivity contribution in [2.75, 3.05) is 6.61 Å². The lowest BCUT2D eigenvalue weighted by atomic mass is 10.1. The van der Waals surface area contributed by atoms with Crippen LogP contribution in [-0.4, -0.2) is 27.1 Å². The van der Waals surface area contributed by atoms with E-state index in [1.807, 2.05) is 37.4 Å². The molecule has 0 saturated carbocycles. The summed E-state index contributed by atoms with van der Waals surface area (Å²) >= 11 is 0. The second-order valence-electron chi connectivity index (χ2n) is 6.43. The number of imidazole rings is 1. The molecule has 0 spiro atoms. The number of carbonyl (C=O) groups excluding carboxylic acids is 1. The Balaban J connectivity index is 1.61. The number of rotatable bonds is 6. The third-order valence-electron chi connectivity index (χ3n) is 4.60. The zero-order chi connectivity index (χ0) is 18.6. The first-order valence-electron chi connectivity index (χ1n) is 9.05. The fourth-order valence-corrected chi connectivity index (χ4v) is 3.33. The number of para-hydroxylation sites is 1. The summed E-state index contributed by atoms with van der Waals surface area (Å²) in [6.45, 7) is 2.93. The maximum Gasteiger partial charge on any atom is 0.338 e. The van der Waals surface area contributed by atoms with E-state index in [1.54, 1.807) is 6.20 Å². The van der Waals surface area contributed by atoms with Gasteiger partial charge in [0.25, 0.3) is 0 Å². The van der Waals surface area contributed by atoms with Crippen LogP contribution in [0, 0.1) is 0 Å². The molecule has 2 heterocycles. The van der Waals surface area contributed by atoms with Crippen molar-refractivity contribution in [2.45, 2.75) is 19.9 Å². The van der Waals surface area contributed by atoms with Gasteiger partial charge in [0.2, 0.25) is 0 Å². The maximum atomic E-state index is 11.8. The molecule has 0 bridgehead atoms. The van der Waals surface area contributed by atoms with Crippen molar-refractivity contribution in [3.63, 3.8) is 0 Å². The van der Waals surface area contributed by atoms with Crippen molar-refractivity contribution in [1.82, 2.24) is 14.5 Å². The molecule has 0 unspecified atom stereocenters. The van der Waals surface area contributed by atoms with Crippen LogP contribution in [0.4, 0.5) is 0 Å². The summed E-state index contributed by atoms with van der Waals surface area (Å²) in [6.07, 6.45) is 6.58. The Morgan fingerprint density at radius 2 is 1.96 bits per heavy atom. The van der Waals surface area contributed by atoms with Crippen LogP contribution in [0.25, 0.3) is 10.9 Å². The van der Waals surface area contributed by atoms with Crippen molar-refractivity contribution in [2.24, 2.45) is 0 Å². The summed E-state index contributed by atoms with van der Waals surface area (Å²) in [5.74, 6) is 0.674. The molecular weight excluding hydrogens is 338 g/mol. The standard InChI is InChI=1S/C22H21N3O2/c1-2-27-22(26)17-9-7-16(8-10-17)14-25-15-18(13-21-23-11-12-24-21)19-5-3-4-6-20(19)25/h3-12,15H,2,13-14H2,1H3,(H,23,24). The molecule has 0 aliphatic heterocycles. The van der Waals surface area contributed by atoms with E-state index in [2.05, 4.69) is 45.0 Å². The molecule has 0 radical (unpaired) electrons. The zero-order valence-corrected chi connectivity index (χ0v) is 15.2. The first kappa shape index (κ1) is 17.1. The predicted molar refractivity (Wildman–Crippen MR) is 105 cm³/mol. The van der Waals surface area contributed by atoms with Crippen LogP contribution in [0.15, 0.2) is 67.1 Å². The van der Waals surface area contributed by atoms with E-state index in [4.69, 9.17) is 4.74 Å². The predicted octanol–water partition coefficient (Wildman–Crippen LogP) is 4.18. The van der Waals surface area contributed by atoms with Gasteiger partial charge < -0.3 is 14.3 Å². The van der Waals surface area contributed by atoms with Gasteiger partial charge in [-0.25, -0.2) is 9.78 Å². The van der Waals surface area contributed by atoms with Crippen molar-refractivity contribution in [1.29, 1.82) is 0 Å². The molecule has 136 valence electrons. The van der Waals surface area contributed by atoms with Crippen LogP contribution in [0.1, 0.15) is 34.2 Å². The minimum absolute atomic E-state index is 0.281. The lowest BCUT2D eigenvalue weighted by molar-refractivity contribution is 0.0526. The number of aromatic nitrogens is 3. The SMILES string of the molecule is CCOC(=O)c1ccc(Cn2cc(Cc3ncc[nH]3)c3ccccc32)cc1. The van der Waals surface area contributed by atoms with Gasteiger partial charge in [-0.1, -0.05) is 30.3 Å². The highest BCUT2D eigenvalue weighted by Crippen LogP contribution is 2.24. The Labute approximate surface area is 157 Å². The molecule has 27 heavy (non-hydrogen) atoms. The highest BCUT2D eigenvalue weighted by molar-refractivity contribution is 5.89. The number of H-pyrrole nitrogens is 1. The fourth-order valence-electron chi connectivity index (χ4n) is 3.33. The lowest BCUT2D eigenvalue weighted by Gasteiger charge is -2.07. The zero-order valence-electron chi connectivity index (χ0n) is 15.2. The molecule has 2 aromatic carbocycles. The van der Waals surface area contributed by atoms with Crippen molar-refractivity contribution < 1.29 is 9.53 Å². The maximum absolute atomic E-state index is 11.8. The number of fused-ring (bicyclic) bond motifs is 1. The van der Waals surface area contributed by atoms with Crippen molar-refractivity contribution >= 4 is 16.9 Å². The number of hydrogen-bond donors (Lipinski definition) is 1. The summed E-state index contributed by atoms with van der Waals surface area (Å²) in [5.41, 5.74) is 4.14. The number of nitrogens with zero attached hydrogens (tertiary/aromatic N) is 2. The summed E-state index contributed by atoms with van der Waals surface area (Å²) in [6, 6.07) is 16.0. The summed E-state index contributed by atoms with van der Waals surface area (Å²) in [4.78, 5) is 19.3. The molecule has 0 aliphatic carbocycles. The monoisotopic (exact) mass is 359 g/mol. The molecule has 2 aromatic heterocycles. The van der Waals surface area contributed by atoms with Crippen LogP contribution in [0.3, 0.4) is 0 Å². The van der Waals surface area contributed by atoms with Gasteiger partial charge in [-0.15, -0.1) is 0 Å². The van der Waals surface area contributed by atoms with Crippen LogP contribution < -0.4 is 0 Å². The van der Waals surface area contributed by atoms with Gasteiger partial charge in [-0.2, -0.15) is 0 Å². The van der Waals surface area contributed by atoms with Crippen LogP contribution in [0.2, 0.25) is 0 Å². The Hall–Kier alpha value is -3.34. The van der Waals surface area contributed by atoms with Gasteiger partial charge in [-0.3, -0.25) is 0 Å². The molecule has 5 heteroatoms. The largest absolute Gasteiger partial charge is 0.462 e. The first-order chi connectivity index (χ1) is 13.2. The number of nitrogens with one attached hydrogen (secondary N) is 1. The molecule has 4 aromatic rings. The second kappa shape index (κ2) is 7.50. The highest BCUT2D eigenvalue weighted by Gasteiger charge is 2.11. The minimum atomic E-state index is -0.281. The Bertz CT molecular complexity index is 1050. The molecule has 1 N–H and O–H groups in total. The van der Waals surface area contributed by atoms with E-state index in [9.17, 15) is 4.79 Å². The van der Waals surface area contributed by atoms with E-state index in [0.717, 1.165) is 24.4 Å². The van der Waals surface area contributed by atoms with Crippen molar-refractivity contribution in [3.05, 3.63) is 89.6 Å².